The Morgan fingerprint density at radius 1 is 0.448 bits per heavy atom. The Bertz CT molecular complexity index is 5530. The van der Waals surface area contributed by atoms with Crippen LogP contribution in [0.1, 0.15) is 172 Å². The molecule has 604 valence electrons. The highest BCUT2D eigenvalue weighted by atomic mass is 35.5. The fraction of sp³-hybridized carbons (Fsp3) is 0.379. The molecule has 3 saturated heterocycles. The molecule has 4 fully saturated rings. The zero-order valence-electron chi connectivity index (χ0n) is 66.3. The fourth-order valence-corrected chi connectivity index (χ4v) is 14.2. The van der Waals surface area contributed by atoms with Crippen molar-refractivity contribution in [3.8, 4) is 0 Å². The first-order valence-electron chi connectivity index (χ1n) is 38.9. The van der Waals surface area contributed by atoms with E-state index in [4.69, 9.17) is 48.9 Å². The lowest BCUT2D eigenvalue weighted by Gasteiger charge is -2.24. The number of thiazole rings is 1. The van der Waals surface area contributed by atoms with E-state index >= 15 is 0 Å². The van der Waals surface area contributed by atoms with E-state index in [1.54, 1.807) is 121 Å². The standard InChI is InChI=1S/C25H28N2O4.C23H25N3O4.C20H16ClN3O4S.C19H23N3O4/c1-25(2,3)23(29)22(27-31-20(28)15-16-9-5-4-6-10-16)24-26-21-18-12-8-7-11-17(18)13-14-19(21)30-24;1-23(2,3)20(27)18(25-30-22(28)26-13-7-4-8-14-26)21-24-17-12-11-15-9-5-6-10-16(15)19(17)29-21;21-14-6-7-16-15(12-14)22-19(29-16)17(18(25)13-4-2-1-3-5-13)23-28-20(26)24-8-10-27-11-9-24;1-19(2,3)16(23)15(17-20-13-9-5-6-10-14(13)25-17)21-26-18(24)22-11-7-4-8-12-22/h7-8,11-14,16H,4-6,9-10,15H2,1-3H3;5-6,9-12H,4,7-8,13-14H2,1-3H3;1-7,12H,8-11H2;5-6,9-10H,4,7-8,11-12H2,1-3H3/b27-22+;25-18+;23-17+;21-15+. The summed E-state index contributed by atoms with van der Waals surface area (Å²) in [6.07, 6.45) is 10.1. The molecule has 11 aromatic rings. The molecule has 0 radical (unpaired) electrons. The number of oxazole rings is 3. The molecule has 7 aromatic carbocycles. The van der Waals surface area contributed by atoms with Gasteiger partial charge in [0.05, 0.1) is 29.9 Å². The molecule has 27 nitrogen and oxygen atoms in total. The van der Waals surface area contributed by atoms with E-state index in [-0.39, 0.29) is 63.7 Å². The van der Waals surface area contributed by atoms with E-state index in [0.717, 1.165) is 90.5 Å². The zero-order valence-corrected chi connectivity index (χ0v) is 67.9. The van der Waals surface area contributed by atoms with Crippen LogP contribution in [0, 0.1) is 22.2 Å². The van der Waals surface area contributed by atoms with E-state index in [9.17, 15) is 38.4 Å². The van der Waals surface area contributed by atoms with Crippen molar-refractivity contribution in [2.24, 2.45) is 42.8 Å². The summed E-state index contributed by atoms with van der Waals surface area (Å²) >= 11 is 7.32. The second-order valence-electron chi connectivity index (χ2n) is 31.6. The van der Waals surface area contributed by atoms with Crippen LogP contribution in [0.25, 0.3) is 65.1 Å². The molecule has 0 unspecified atom stereocenters. The van der Waals surface area contributed by atoms with Gasteiger partial charge in [-0.1, -0.05) is 217 Å². The van der Waals surface area contributed by atoms with E-state index in [2.05, 4.69) is 40.6 Å². The van der Waals surface area contributed by atoms with Gasteiger partial charge in [0.15, 0.2) is 44.8 Å². The van der Waals surface area contributed by atoms with Gasteiger partial charge in [-0.3, -0.25) is 33.7 Å². The molecule has 0 bridgehead atoms. The number of ketones is 4. The van der Waals surface area contributed by atoms with Gasteiger partial charge in [0.1, 0.15) is 16.6 Å². The van der Waals surface area contributed by atoms with Gasteiger partial charge in [-0.25, -0.2) is 39.1 Å². The Labute approximate surface area is 678 Å². The highest BCUT2D eigenvalue weighted by Gasteiger charge is 2.36. The van der Waals surface area contributed by atoms with Crippen molar-refractivity contribution in [3.63, 3.8) is 0 Å². The molecule has 4 aliphatic rings. The normalized spacial score (nSPS) is 15.6. The Balaban J connectivity index is 0.000000143. The number of fused-ring (bicyclic) bond motifs is 8. The summed E-state index contributed by atoms with van der Waals surface area (Å²) in [7, 11) is 0. The summed E-state index contributed by atoms with van der Waals surface area (Å²) < 4.78 is 23.6. The van der Waals surface area contributed by atoms with Crippen molar-refractivity contribution >= 4 is 158 Å². The number of halogens is 1. The molecule has 7 heterocycles. The van der Waals surface area contributed by atoms with Crippen LogP contribution in [0.3, 0.4) is 0 Å². The minimum absolute atomic E-state index is 0.0323. The van der Waals surface area contributed by atoms with Gasteiger partial charge in [-0.15, -0.1) is 11.3 Å². The predicted molar refractivity (Wildman–Crippen MR) is 442 cm³/mol. The third-order valence-corrected chi connectivity index (χ3v) is 20.8. The minimum Gasteiger partial charge on any atom is -0.435 e. The number of aromatic nitrogens is 4. The average molecular weight is 1620 g/mol. The number of carbonyl (C=O) groups is 8. The molecule has 29 heteroatoms. The number of rotatable bonds is 15. The van der Waals surface area contributed by atoms with E-state index in [1.165, 1.54) is 22.7 Å². The predicted octanol–water partition coefficient (Wildman–Crippen LogP) is 18.5. The SMILES string of the molecule is CC(C)(C)C(=O)/C(=N\OC(=O)CC1CCCCC1)c1nc2c(ccc3ccccc32)o1.CC(C)(C)C(=O)/C(=N\OC(=O)N1CCCCC1)c1nc2ccc3ccccc3c2o1.CC(C)(C)C(=O)/C(=N\OC(=O)N1CCCCC1)c1nc2ccccc2o1.O=C(/C(=N\OC(=O)N1CCOCC1)c1nc2cc(Cl)ccc2s1)c1ccccc1. The molecule has 3 amide bonds. The Morgan fingerprint density at radius 2 is 0.922 bits per heavy atom. The molecule has 0 atom stereocenters. The molecular formula is C87H92ClN11O16S. The van der Waals surface area contributed by atoms with Crippen LogP contribution >= 0.6 is 22.9 Å². The molecule has 0 spiro atoms. The minimum atomic E-state index is -0.751. The number of hydrogen-bond donors (Lipinski definition) is 0. The van der Waals surface area contributed by atoms with Crippen LogP contribution in [0.2, 0.25) is 5.02 Å². The molecule has 15 rings (SSSR count). The number of morpholine rings is 1. The third kappa shape index (κ3) is 21.2. The molecule has 3 aliphatic heterocycles. The van der Waals surface area contributed by atoms with Crippen LogP contribution in [0.4, 0.5) is 14.4 Å². The Morgan fingerprint density at radius 3 is 1.51 bits per heavy atom. The molecule has 4 aromatic heterocycles. The number of Topliss-reactive ketones (excluding diaryl/α,β-unsaturated/α-hetero) is 4. The summed E-state index contributed by atoms with van der Waals surface area (Å²) in [6.45, 7) is 20.2. The molecule has 116 heavy (non-hydrogen) atoms. The van der Waals surface area contributed by atoms with Crippen molar-refractivity contribution in [2.45, 2.75) is 139 Å². The van der Waals surface area contributed by atoms with Crippen LogP contribution < -0.4 is 0 Å². The van der Waals surface area contributed by atoms with Gasteiger partial charge in [-0.05, 0) is 111 Å². The van der Waals surface area contributed by atoms with Crippen molar-refractivity contribution in [1.82, 2.24) is 34.6 Å². The third-order valence-electron chi connectivity index (χ3n) is 19.5. The van der Waals surface area contributed by atoms with Crippen LogP contribution in [0.15, 0.2) is 179 Å². The number of ether oxygens (including phenoxy) is 1. The quantitative estimate of drug-likeness (QED) is 0.0398. The number of likely N-dealkylation sites (tertiary alicyclic amines) is 2. The van der Waals surface area contributed by atoms with Gasteiger partial charge < -0.3 is 37.5 Å². The first-order chi connectivity index (χ1) is 55.6. The second-order valence-corrected chi connectivity index (χ2v) is 33.0. The second kappa shape index (κ2) is 37.7. The van der Waals surface area contributed by atoms with Crippen LogP contribution in [-0.4, -0.2) is 157 Å². The van der Waals surface area contributed by atoms with Gasteiger partial charge in [0.2, 0.25) is 22.9 Å². The maximum Gasteiger partial charge on any atom is 0.436 e. The number of amides is 3. The van der Waals surface area contributed by atoms with Gasteiger partial charge in [0.25, 0.3) is 17.7 Å². The Hall–Kier alpha value is -11.8. The zero-order chi connectivity index (χ0) is 82.3. The molecule has 0 N–H and O–H groups in total. The van der Waals surface area contributed by atoms with E-state index in [0.29, 0.717) is 119 Å². The number of para-hydroxylation sites is 2. The summed E-state index contributed by atoms with van der Waals surface area (Å²) in [5.41, 5.74) is 2.11. The summed E-state index contributed by atoms with van der Waals surface area (Å²) in [6, 6.07) is 44.3. The smallest absolute Gasteiger partial charge is 0.435 e. The monoisotopic (exact) mass is 1610 g/mol. The van der Waals surface area contributed by atoms with Crippen LogP contribution in [0.5, 0.6) is 0 Å². The van der Waals surface area contributed by atoms with Gasteiger partial charge in [0, 0.05) is 76.9 Å². The van der Waals surface area contributed by atoms with Crippen molar-refractivity contribution in [2.75, 3.05) is 52.5 Å². The van der Waals surface area contributed by atoms with Gasteiger partial charge >= 0.3 is 24.2 Å². The highest BCUT2D eigenvalue weighted by Crippen LogP contribution is 2.33. The largest absolute Gasteiger partial charge is 0.436 e. The molecule has 1 aliphatic carbocycles. The maximum atomic E-state index is 13.1. The fourth-order valence-electron chi connectivity index (χ4n) is 13.1. The maximum absolute atomic E-state index is 13.1. The number of carbonyl (C=O) groups excluding carboxylic acids is 8. The number of hydrogen-bond acceptors (Lipinski definition) is 25. The summed E-state index contributed by atoms with van der Waals surface area (Å²) in [4.78, 5) is 144. The van der Waals surface area contributed by atoms with Gasteiger partial charge in [-0.2, -0.15) is 0 Å². The van der Waals surface area contributed by atoms with Crippen molar-refractivity contribution in [1.29, 1.82) is 0 Å². The summed E-state index contributed by atoms with van der Waals surface area (Å²) in [5, 5.41) is 20.4. The number of piperidine rings is 2. The average Bonchev–Trinajstić information content (AvgIpc) is 1.72. The number of oxime groups is 4. The number of nitrogens with zero attached hydrogens (tertiary/aromatic N) is 11. The van der Waals surface area contributed by atoms with Crippen molar-refractivity contribution < 1.29 is 75.7 Å². The summed E-state index contributed by atoms with van der Waals surface area (Å²) in [5.74, 6) is -1.23. The topological polar surface area (TPSA) is 333 Å². The first kappa shape index (κ1) is 83.7. The van der Waals surface area contributed by atoms with E-state index < -0.39 is 40.5 Å². The highest BCUT2D eigenvalue weighted by molar-refractivity contribution is 7.21. The lowest BCUT2D eigenvalue weighted by Crippen LogP contribution is -2.40. The lowest BCUT2D eigenvalue weighted by molar-refractivity contribution is -0.145. The Kier molecular flexibility index (Phi) is 27.2. The van der Waals surface area contributed by atoms with E-state index in [1.807, 2.05) is 97.1 Å². The lowest BCUT2D eigenvalue weighted by atomic mass is 9.87. The van der Waals surface area contributed by atoms with Crippen molar-refractivity contribution in [3.05, 3.63) is 179 Å². The first-order valence-corrected chi connectivity index (χ1v) is 40.1. The number of benzene rings is 7. The molecular weight excluding hydrogens is 1520 g/mol. The molecule has 1 saturated carbocycles. The van der Waals surface area contributed by atoms with Crippen LogP contribution in [-0.2, 0) is 43.3 Å².